The molecule has 5 heteroatoms. The number of aromatic nitrogens is 1. The van der Waals surface area contributed by atoms with Crippen molar-refractivity contribution in [1.82, 2.24) is 9.47 Å². The molecule has 0 unspecified atom stereocenters. The molecule has 2 aliphatic heterocycles. The van der Waals surface area contributed by atoms with Gasteiger partial charge in [0.15, 0.2) is 17.6 Å². The van der Waals surface area contributed by atoms with E-state index in [4.69, 9.17) is 4.74 Å². The van der Waals surface area contributed by atoms with E-state index in [1.165, 1.54) is 46.1 Å². The first kappa shape index (κ1) is 21.6. The van der Waals surface area contributed by atoms with Crippen LogP contribution < -0.4 is 4.74 Å². The Morgan fingerprint density at radius 3 is 2.63 bits per heavy atom. The molecule has 5 aliphatic rings. The molecule has 3 aliphatic carbocycles. The maximum absolute atomic E-state index is 13.1. The number of piperidine rings is 1. The zero-order chi connectivity index (χ0) is 25.2. The highest BCUT2D eigenvalue weighted by molar-refractivity contribution is 5.87. The highest BCUT2D eigenvalue weighted by atomic mass is 16.5. The van der Waals surface area contributed by atoms with Crippen molar-refractivity contribution in [1.29, 1.82) is 0 Å². The quantitative estimate of drug-likeness (QED) is 0.406. The second kappa shape index (κ2) is 7.22. The van der Waals surface area contributed by atoms with Gasteiger partial charge in [0.1, 0.15) is 0 Å². The van der Waals surface area contributed by atoms with E-state index in [2.05, 4.69) is 70.1 Å². The van der Waals surface area contributed by atoms with Crippen LogP contribution in [0.2, 0.25) is 0 Å². The zero-order valence-corrected chi connectivity index (χ0v) is 21.4. The topological polar surface area (TPSA) is 57.9 Å². The number of hydrogen-bond acceptors (Lipinski definition) is 4. The number of hydrogen-bond donors (Lipinski definition) is 2. The maximum Gasteiger partial charge on any atom is 0.166 e. The number of nitrogens with zero attached hydrogens (tertiary/aromatic N) is 2. The average molecular weight is 505 g/mol. The van der Waals surface area contributed by atoms with E-state index in [1.807, 2.05) is 0 Å². The summed E-state index contributed by atoms with van der Waals surface area (Å²) in [4.78, 5) is 2.60. The number of aromatic hydroxyl groups is 1. The third-order valence-corrected chi connectivity index (χ3v) is 10.5. The largest absolute Gasteiger partial charge is 0.504 e. The molecule has 4 aromatic rings. The summed E-state index contributed by atoms with van der Waals surface area (Å²) >= 11 is 0. The Morgan fingerprint density at radius 1 is 0.974 bits per heavy atom. The van der Waals surface area contributed by atoms with Gasteiger partial charge in [0.25, 0.3) is 0 Å². The van der Waals surface area contributed by atoms with Gasteiger partial charge in [-0.1, -0.05) is 54.6 Å². The van der Waals surface area contributed by atoms with Gasteiger partial charge in [-0.05, 0) is 67.0 Å². The van der Waals surface area contributed by atoms with Gasteiger partial charge in [0, 0.05) is 42.0 Å². The molecule has 2 N–H and O–H groups in total. The first-order valence-corrected chi connectivity index (χ1v) is 14.2. The summed E-state index contributed by atoms with van der Waals surface area (Å²) in [7, 11) is 0. The van der Waals surface area contributed by atoms with Gasteiger partial charge in [-0.2, -0.15) is 0 Å². The van der Waals surface area contributed by atoms with Crippen LogP contribution in [-0.2, 0) is 24.8 Å². The SMILES string of the molecule is Oc1ccc2c3c1O[C@H]1c4c(c5ccccc5n4Cc4ccccc4)C[C@@]4(O)[C@H](C2)N(CC2CC2)CC[C@]314. The van der Waals surface area contributed by atoms with E-state index in [0.717, 1.165) is 44.0 Å². The van der Waals surface area contributed by atoms with Crippen LogP contribution in [0.4, 0.5) is 0 Å². The number of benzene rings is 3. The van der Waals surface area contributed by atoms with E-state index < -0.39 is 11.0 Å². The van der Waals surface area contributed by atoms with Crippen molar-refractivity contribution < 1.29 is 14.9 Å². The van der Waals surface area contributed by atoms with Crippen LogP contribution >= 0.6 is 0 Å². The molecule has 1 saturated heterocycles. The summed E-state index contributed by atoms with van der Waals surface area (Å²) in [6.45, 7) is 2.79. The lowest BCUT2D eigenvalue weighted by atomic mass is 9.49. The number of aliphatic hydroxyl groups is 1. The van der Waals surface area contributed by atoms with Crippen LogP contribution in [0.25, 0.3) is 10.9 Å². The molecular weight excluding hydrogens is 472 g/mol. The van der Waals surface area contributed by atoms with E-state index in [-0.39, 0.29) is 17.9 Å². The number of phenolic OH excluding ortho intramolecular Hbond substituents is 1. The highest BCUT2D eigenvalue weighted by Gasteiger charge is 2.73. The van der Waals surface area contributed by atoms with Gasteiger partial charge < -0.3 is 19.5 Å². The fraction of sp³-hybridized carbons (Fsp3) is 0.394. The molecule has 4 atom stereocenters. The van der Waals surface area contributed by atoms with Gasteiger partial charge in [0.05, 0.1) is 16.7 Å². The van der Waals surface area contributed by atoms with Crippen LogP contribution in [0.5, 0.6) is 11.5 Å². The van der Waals surface area contributed by atoms with Crippen LogP contribution in [0.1, 0.15) is 53.3 Å². The number of para-hydroxylation sites is 1. The van der Waals surface area contributed by atoms with Crippen LogP contribution in [-0.4, -0.2) is 44.4 Å². The van der Waals surface area contributed by atoms with E-state index >= 15 is 0 Å². The van der Waals surface area contributed by atoms with Crippen LogP contribution in [0.3, 0.4) is 0 Å². The molecule has 2 bridgehead atoms. The summed E-state index contributed by atoms with van der Waals surface area (Å²) in [6, 6.07) is 23.2. The van der Waals surface area contributed by atoms with Crippen molar-refractivity contribution in [3.05, 3.63) is 94.7 Å². The average Bonchev–Trinajstić information content (AvgIpc) is 3.61. The molecule has 9 rings (SSSR count). The molecule has 0 amide bonds. The standard InChI is InChI=1S/C33H32N2O3/c36-26-13-12-22-16-27-33(37)17-24-23-8-4-5-9-25(23)35(19-20-6-2-1-3-7-20)29(24)31-32(33,28(22)30(26)38-31)14-15-34(27)18-21-10-11-21/h1-9,12-13,21,27,31,36-37H,10-11,14-19H2/t27-,31-,32-,33+/m0/s1. The monoisotopic (exact) mass is 504 g/mol. The van der Waals surface area contributed by atoms with Gasteiger partial charge >= 0.3 is 0 Å². The third kappa shape index (κ3) is 2.55. The Kier molecular flexibility index (Phi) is 4.11. The predicted molar refractivity (Wildman–Crippen MR) is 146 cm³/mol. The molecule has 192 valence electrons. The normalized spacial score (nSPS) is 30.7. The van der Waals surface area contributed by atoms with Gasteiger partial charge in [-0.15, -0.1) is 0 Å². The van der Waals surface area contributed by atoms with Crippen molar-refractivity contribution in [2.75, 3.05) is 13.1 Å². The molecule has 0 radical (unpaired) electrons. The van der Waals surface area contributed by atoms with Gasteiger partial charge in [0.2, 0.25) is 0 Å². The molecule has 3 heterocycles. The number of rotatable bonds is 4. The molecule has 2 fully saturated rings. The van der Waals surface area contributed by atoms with Crippen molar-refractivity contribution in [3.63, 3.8) is 0 Å². The van der Waals surface area contributed by atoms with Crippen LogP contribution in [0, 0.1) is 5.92 Å². The molecule has 1 saturated carbocycles. The maximum atomic E-state index is 13.1. The molecule has 5 nitrogen and oxygen atoms in total. The molecule has 1 aromatic heterocycles. The van der Waals surface area contributed by atoms with Gasteiger partial charge in [-0.3, -0.25) is 4.90 Å². The second-order valence-electron chi connectivity index (χ2n) is 12.4. The Balaban J connectivity index is 1.32. The Labute approximate surface area is 222 Å². The minimum Gasteiger partial charge on any atom is -0.504 e. The summed E-state index contributed by atoms with van der Waals surface area (Å²) < 4.78 is 9.32. The van der Waals surface area contributed by atoms with E-state index in [1.54, 1.807) is 6.07 Å². The van der Waals surface area contributed by atoms with Crippen LogP contribution in [0.15, 0.2) is 66.7 Å². The lowest BCUT2D eigenvalue weighted by Gasteiger charge is -2.63. The number of ether oxygens (including phenoxy) is 1. The number of fused-ring (bicyclic) bond motifs is 4. The highest BCUT2D eigenvalue weighted by Crippen LogP contribution is 2.69. The van der Waals surface area contributed by atoms with Crippen molar-refractivity contribution >= 4 is 10.9 Å². The third-order valence-electron chi connectivity index (χ3n) is 10.5. The lowest BCUT2D eigenvalue weighted by Crippen LogP contribution is -2.74. The fourth-order valence-corrected chi connectivity index (χ4v) is 8.74. The summed E-state index contributed by atoms with van der Waals surface area (Å²) in [5.74, 6) is 1.57. The second-order valence-corrected chi connectivity index (χ2v) is 12.4. The van der Waals surface area contributed by atoms with Crippen molar-refractivity contribution in [3.8, 4) is 11.5 Å². The van der Waals surface area contributed by atoms with Crippen molar-refractivity contribution in [2.45, 2.75) is 61.8 Å². The first-order valence-electron chi connectivity index (χ1n) is 14.2. The Morgan fingerprint density at radius 2 is 1.79 bits per heavy atom. The molecular formula is C33H32N2O3. The minimum atomic E-state index is -0.953. The Hall–Kier alpha value is -3.28. The summed E-state index contributed by atoms with van der Waals surface area (Å²) in [5.41, 5.74) is 5.63. The number of likely N-dealkylation sites (tertiary alicyclic amines) is 1. The molecule has 3 aromatic carbocycles. The predicted octanol–water partition coefficient (Wildman–Crippen LogP) is 5.09. The number of phenols is 1. The lowest BCUT2D eigenvalue weighted by molar-refractivity contribution is -0.173. The van der Waals surface area contributed by atoms with E-state index in [9.17, 15) is 10.2 Å². The van der Waals surface area contributed by atoms with Gasteiger partial charge in [-0.25, -0.2) is 0 Å². The molecule has 1 spiro atoms. The molecule has 38 heavy (non-hydrogen) atoms. The smallest absolute Gasteiger partial charge is 0.166 e. The Bertz CT molecular complexity index is 1620. The fourth-order valence-electron chi connectivity index (χ4n) is 8.74. The van der Waals surface area contributed by atoms with E-state index in [0.29, 0.717) is 12.2 Å². The first-order chi connectivity index (χ1) is 18.6. The summed E-state index contributed by atoms with van der Waals surface area (Å²) in [6.07, 6.45) is 4.55. The summed E-state index contributed by atoms with van der Waals surface area (Å²) in [5, 5.41) is 25.3. The van der Waals surface area contributed by atoms with Crippen molar-refractivity contribution in [2.24, 2.45) is 5.92 Å². The zero-order valence-electron chi connectivity index (χ0n) is 21.4. The minimum absolute atomic E-state index is 0.0512.